The smallest absolute Gasteiger partial charge is 0.145 e. The van der Waals surface area contributed by atoms with Crippen LogP contribution in [-0.2, 0) is 6.54 Å². The van der Waals surface area contributed by atoms with Crippen molar-refractivity contribution in [2.24, 2.45) is 0 Å². The normalized spacial score (nSPS) is 10.0. The number of rotatable bonds is 4. The fraction of sp³-hybridized carbons (Fsp3) is 0.231. The van der Waals surface area contributed by atoms with Crippen LogP contribution >= 0.6 is 0 Å². The van der Waals surface area contributed by atoms with E-state index in [1.54, 1.807) is 6.07 Å². The van der Waals surface area contributed by atoms with Crippen molar-refractivity contribution in [3.8, 4) is 6.07 Å². The van der Waals surface area contributed by atoms with Crippen molar-refractivity contribution < 1.29 is 0 Å². The highest BCUT2D eigenvalue weighted by Crippen LogP contribution is 2.13. The summed E-state index contributed by atoms with van der Waals surface area (Å²) in [6, 6.07) is 11.4. The first-order chi connectivity index (χ1) is 8.69. The predicted octanol–water partition coefficient (Wildman–Crippen LogP) is 1.47. The van der Waals surface area contributed by atoms with Crippen LogP contribution < -0.4 is 10.6 Å². The minimum atomic E-state index is 0.538. The molecule has 0 atom stereocenters. The molecule has 0 radical (unpaired) electrons. The lowest BCUT2D eigenvalue weighted by molar-refractivity contribution is 0.614. The maximum Gasteiger partial charge on any atom is 0.145 e. The number of benzene rings is 1. The van der Waals surface area contributed by atoms with Gasteiger partial charge in [-0.15, -0.1) is 0 Å². The Morgan fingerprint density at radius 3 is 2.61 bits per heavy atom. The van der Waals surface area contributed by atoms with Crippen LogP contribution in [0, 0.1) is 11.3 Å². The molecule has 0 aliphatic rings. The Morgan fingerprint density at radius 2 is 2.06 bits per heavy atom. The van der Waals surface area contributed by atoms with Gasteiger partial charge in [0.2, 0.25) is 0 Å². The fourth-order valence-electron chi connectivity index (χ4n) is 1.67. The maximum atomic E-state index is 8.73. The van der Waals surface area contributed by atoms with Gasteiger partial charge in [-0.25, -0.2) is 0 Å². The Hall–Kier alpha value is -2.48. The first-order valence-corrected chi connectivity index (χ1v) is 5.69. The second kappa shape index (κ2) is 5.23. The van der Waals surface area contributed by atoms with Crippen LogP contribution in [0.2, 0.25) is 0 Å². The van der Waals surface area contributed by atoms with Gasteiger partial charge in [-0.3, -0.25) is 4.68 Å². The number of anilines is 2. The minimum absolute atomic E-state index is 0.538. The van der Waals surface area contributed by atoms with Gasteiger partial charge in [0.1, 0.15) is 5.82 Å². The molecule has 1 aromatic carbocycles. The van der Waals surface area contributed by atoms with Crippen LogP contribution in [0.15, 0.2) is 36.5 Å². The summed E-state index contributed by atoms with van der Waals surface area (Å²) in [5, 5.41) is 12.9. The van der Waals surface area contributed by atoms with E-state index in [1.807, 2.05) is 42.2 Å². The van der Waals surface area contributed by atoms with Gasteiger partial charge < -0.3 is 10.6 Å². The third-order valence-electron chi connectivity index (χ3n) is 2.76. The Balaban J connectivity index is 1.95. The predicted molar refractivity (Wildman–Crippen MR) is 71.1 cm³/mol. The summed E-state index contributed by atoms with van der Waals surface area (Å²) >= 11 is 0. The van der Waals surface area contributed by atoms with E-state index < -0.39 is 0 Å². The number of hydrogen-bond acceptors (Lipinski definition) is 4. The van der Waals surface area contributed by atoms with Crippen molar-refractivity contribution in [3.63, 3.8) is 0 Å². The standard InChI is InChI=1S/C13H15N5/c1-17(8-9-18-7-6-13(15)16-18)12-4-2-11(10-14)3-5-12/h2-7H,8-9H2,1H3,(H2,15,16). The fourth-order valence-corrected chi connectivity index (χ4v) is 1.67. The molecule has 0 aliphatic carbocycles. The topological polar surface area (TPSA) is 70.9 Å². The van der Waals surface area contributed by atoms with E-state index in [2.05, 4.69) is 16.1 Å². The Kier molecular flexibility index (Phi) is 3.49. The van der Waals surface area contributed by atoms with E-state index in [4.69, 9.17) is 11.0 Å². The summed E-state index contributed by atoms with van der Waals surface area (Å²) in [6.45, 7) is 1.60. The molecule has 0 saturated carbocycles. The molecule has 2 N–H and O–H groups in total. The number of hydrogen-bond donors (Lipinski definition) is 1. The Bertz CT molecular complexity index is 550. The zero-order valence-corrected chi connectivity index (χ0v) is 10.2. The summed E-state index contributed by atoms with van der Waals surface area (Å²) in [5.74, 6) is 0.538. The number of nitriles is 1. The van der Waals surface area contributed by atoms with Crippen LogP contribution in [0.5, 0.6) is 0 Å². The number of nitrogen functional groups attached to an aromatic ring is 1. The van der Waals surface area contributed by atoms with Crippen molar-refractivity contribution in [2.45, 2.75) is 6.54 Å². The molecule has 0 saturated heterocycles. The number of nitrogens with two attached hydrogens (primary N) is 1. The maximum absolute atomic E-state index is 8.73. The van der Waals surface area contributed by atoms with Gasteiger partial charge >= 0.3 is 0 Å². The molecule has 5 heteroatoms. The second-order valence-electron chi connectivity index (χ2n) is 4.08. The van der Waals surface area contributed by atoms with Crippen molar-refractivity contribution in [1.82, 2.24) is 9.78 Å². The average molecular weight is 241 g/mol. The summed E-state index contributed by atoms with van der Waals surface area (Å²) in [7, 11) is 2.01. The van der Waals surface area contributed by atoms with E-state index in [0.29, 0.717) is 11.4 Å². The molecule has 92 valence electrons. The van der Waals surface area contributed by atoms with E-state index in [9.17, 15) is 0 Å². The van der Waals surface area contributed by atoms with Gasteiger partial charge in [0.25, 0.3) is 0 Å². The molecule has 0 fully saturated rings. The van der Waals surface area contributed by atoms with Gasteiger partial charge in [0.05, 0.1) is 18.2 Å². The highest BCUT2D eigenvalue weighted by Gasteiger charge is 2.02. The Morgan fingerprint density at radius 1 is 1.33 bits per heavy atom. The first-order valence-electron chi connectivity index (χ1n) is 5.69. The molecule has 0 amide bonds. The van der Waals surface area contributed by atoms with Gasteiger partial charge in [-0.2, -0.15) is 10.4 Å². The molecule has 2 aromatic rings. The second-order valence-corrected chi connectivity index (χ2v) is 4.08. The molecular weight excluding hydrogens is 226 g/mol. The van der Waals surface area contributed by atoms with E-state index in [0.717, 1.165) is 18.8 Å². The molecule has 0 aliphatic heterocycles. The molecule has 0 bridgehead atoms. The summed E-state index contributed by atoms with van der Waals surface area (Å²) in [5.41, 5.74) is 7.30. The van der Waals surface area contributed by atoms with Crippen LogP contribution in [0.25, 0.3) is 0 Å². The van der Waals surface area contributed by atoms with Gasteiger partial charge in [-0.1, -0.05) is 0 Å². The zero-order chi connectivity index (χ0) is 13.0. The summed E-state index contributed by atoms with van der Waals surface area (Å²) < 4.78 is 1.81. The highest BCUT2D eigenvalue weighted by atomic mass is 15.3. The largest absolute Gasteiger partial charge is 0.382 e. The molecule has 1 heterocycles. The van der Waals surface area contributed by atoms with Crippen molar-refractivity contribution in [3.05, 3.63) is 42.1 Å². The molecule has 1 aromatic heterocycles. The molecule has 5 nitrogen and oxygen atoms in total. The number of nitrogens with zero attached hydrogens (tertiary/aromatic N) is 4. The summed E-state index contributed by atoms with van der Waals surface area (Å²) in [6.07, 6.45) is 1.86. The van der Waals surface area contributed by atoms with Crippen molar-refractivity contribution >= 4 is 11.5 Å². The number of aromatic nitrogens is 2. The minimum Gasteiger partial charge on any atom is -0.382 e. The van der Waals surface area contributed by atoms with E-state index in [1.165, 1.54) is 0 Å². The highest BCUT2D eigenvalue weighted by molar-refractivity contribution is 5.48. The van der Waals surface area contributed by atoms with Crippen LogP contribution in [0.3, 0.4) is 0 Å². The SMILES string of the molecule is CN(CCn1ccc(N)n1)c1ccc(C#N)cc1. The lowest BCUT2D eigenvalue weighted by Crippen LogP contribution is -2.22. The lowest BCUT2D eigenvalue weighted by Gasteiger charge is -2.19. The van der Waals surface area contributed by atoms with Crippen molar-refractivity contribution in [1.29, 1.82) is 5.26 Å². The van der Waals surface area contributed by atoms with Crippen LogP contribution in [0.4, 0.5) is 11.5 Å². The van der Waals surface area contributed by atoms with Gasteiger partial charge in [0, 0.05) is 25.5 Å². The molecule has 2 rings (SSSR count). The third kappa shape index (κ3) is 2.80. The van der Waals surface area contributed by atoms with E-state index >= 15 is 0 Å². The van der Waals surface area contributed by atoms with Crippen LogP contribution in [-0.4, -0.2) is 23.4 Å². The molecular formula is C13H15N5. The average Bonchev–Trinajstić information content (AvgIpc) is 2.82. The molecule has 0 spiro atoms. The van der Waals surface area contributed by atoms with Gasteiger partial charge in [-0.05, 0) is 30.3 Å². The van der Waals surface area contributed by atoms with Gasteiger partial charge in [0.15, 0.2) is 0 Å². The Labute approximate surface area is 106 Å². The number of likely N-dealkylation sites (N-methyl/N-ethyl adjacent to an activating group) is 1. The quantitative estimate of drug-likeness (QED) is 0.880. The molecule has 18 heavy (non-hydrogen) atoms. The van der Waals surface area contributed by atoms with E-state index in [-0.39, 0.29) is 0 Å². The first kappa shape index (κ1) is 12.0. The zero-order valence-electron chi connectivity index (χ0n) is 10.2. The summed E-state index contributed by atoms with van der Waals surface area (Å²) in [4.78, 5) is 2.11. The third-order valence-corrected chi connectivity index (χ3v) is 2.76. The monoisotopic (exact) mass is 241 g/mol. The molecule has 0 unspecified atom stereocenters. The lowest BCUT2D eigenvalue weighted by atomic mass is 10.2. The van der Waals surface area contributed by atoms with Crippen molar-refractivity contribution in [2.75, 3.05) is 24.2 Å². The van der Waals surface area contributed by atoms with Crippen LogP contribution in [0.1, 0.15) is 5.56 Å².